The van der Waals surface area contributed by atoms with E-state index < -0.39 is 0 Å². The van der Waals surface area contributed by atoms with Gasteiger partial charge in [0.2, 0.25) is 0 Å². The molecule has 0 spiro atoms. The van der Waals surface area contributed by atoms with Crippen LogP contribution in [0.15, 0.2) is 84.9 Å². The normalized spacial score (nSPS) is 12.6. The van der Waals surface area contributed by atoms with Gasteiger partial charge < -0.3 is 4.74 Å². The molecule has 1 aliphatic carbocycles. The van der Waals surface area contributed by atoms with Gasteiger partial charge in [-0.15, -0.1) is 0 Å². The van der Waals surface area contributed by atoms with Crippen LogP contribution in [-0.2, 0) is 6.61 Å². The smallest absolute Gasteiger partial charge is 0.198 e. The minimum Gasteiger partial charge on any atom is -0.487 e. The number of carbonyl (C=O) groups is 2. The maximum absolute atomic E-state index is 13.3. The maximum Gasteiger partial charge on any atom is 0.198 e. The van der Waals surface area contributed by atoms with Gasteiger partial charge in [0.1, 0.15) is 12.4 Å². The number of hydrogen-bond donors (Lipinski definition) is 0. The van der Waals surface area contributed by atoms with E-state index in [1.165, 1.54) is 0 Å². The van der Waals surface area contributed by atoms with Crippen LogP contribution in [0.1, 0.15) is 37.4 Å². The molecule has 0 unspecified atom stereocenters. The Hall–Kier alpha value is -3.72. The van der Waals surface area contributed by atoms with Crippen LogP contribution in [0.3, 0.4) is 0 Å². The van der Waals surface area contributed by atoms with Crippen molar-refractivity contribution in [2.45, 2.75) is 6.61 Å². The number of benzene rings is 4. The van der Waals surface area contributed by atoms with E-state index >= 15 is 0 Å². The van der Waals surface area contributed by atoms with Gasteiger partial charge in [-0.05, 0) is 17.0 Å². The zero-order chi connectivity index (χ0) is 19.1. The molecule has 5 rings (SSSR count). The maximum atomic E-state index is 13.3. The minimum atomic E-state index is -0.168. The molecule has 134 valence electrons. The number of hydrogen-bond acceptors (Lipinski definition) is 3. The molecule has 0 amide bonds. The van der Waals surface area contributed by atoms with Crippen molar-refractivity contribution in [3.8, 4) is 5.75 Å². The van der Waals surface area contributed by atoms with E-state index in [0.717, 1.165) is 16.3 Å². The van der Waals surface area contributed by atoms with Crippen LogP contribution in [0.25, 0.3) is 10.8 Å². The first-order chi connectivity index (χ1) is 13.7. The van der Waals surface area contributed by atoms with E-state index in [-0.39, 0.29) is 11.6 Å². The van der Waals surface area contributed by atoms with E-state index in [4.69, 9.17) is 4.74 Å². The van der Waals surface area contributed by atoms with Crippen molar-refractivity contribution >= 4 is 22.3 Å². The van der Waals surface area contributed by atoms with E-state index in [0.29, 0.717) is 34.6 Å². The highest BCUT2D eigenvalue weighted by Gasteiger charge is 2.33. The van der Waals surface area contributed by atoms with Gasteiger partial charge in [0.25, 0.3) is 0 Å². The molecule has 0 aliphatic heterocycles. The molecule has 1 aliphatic rings. The molecule has 0 atom stereocenters. The number of fused-ring (bicyclic) bond motifs is 3. The molecule has 3 nitrogen and oxygen atoms in total. The van der Waals surface area contributed by atoms with E-state index in [1.54, 1.807) is 30.3 Å². The van der Waals surface area contributed by atoms with Crippen molar-refractivity contribution in [1.82, 2.24) is 0 Å². The molecular weight excluding hydrogens is 348 g/mol. The summed E-state index contributed by atoms with van der Waals surface area (Å²) in [5.41, 5.74) is 2.65. The highest BCUT2D eigenvalue weighted by Crippen LogP contribution is 2.39. The Morgan fingerprint density at radius 2 is 1.29 bits per heavy atom. The van der Waals surface area contributed by atoms with Gasteiger partial charge in [-0.3, -0.25) is 9.59 Å². The topological polar surface area (TPSA) is 43.4 Å². The van der Waals surface area contributed by atoms with Crippen LogP contribution in [-0.4, -0.2) is 11.6 Å². The first kappa shape index (κ1) is 16.5. The van der Waals surface area contributed by atoms with Gasteiger partial charge in [-0.25, -0.2) is 0 Å². The van der Waals surface area contributed by atoms with Crippen LogP contribution >= 0.6 is 0 Å². The zero-order valence-corrected chi connectivity index (χ0v) is 15.0. The molecule has 0 radical (unpaired) electrons. The first-order valence-electron chi connectivity index (χ1n) is 9.15. The molecule has 0 N–H and O–H groups in total. The fourth-order valence-corrected chi connectivity index (χ4v) is 3.76. The van der Waals surface area contributed by atoms with Crippen LogP contribution in [0.5, 0.6) is 5.75 Å². The molecule has 0 saturated carbocycles. The van der Waals surface area contributed by atoms with Crippen LogP contribution in [0, 0.1) is 0 Å². The van der Waals surface area contributed by atoms with Gasteiger partial charge in [0, 0.05) is 22.1 Å². The Labute approximate surface area is 162 Å². The lowest BCUT2D eigenvalue weighted by Gasteiger charge is -2.22. The minimum absolute atomic E-state index is 0.138. The Morgan fingerprint density at radius 3 is 2.07 bits per heavy atom. The fourth-order valence-electron chi connectivity index (χ4n) is 3.76. The number of ether oxygens (including phenoxy) is 1. The predicted octanol–water partition coefficient (Wildman–Crippen LogP) is 5.19. The van der Waals surface area contributed by atoms with Gasteiger partial charge in [-0.2, -0.15) is 0 Å². The summed E-state index contributed by atoms with van der Waals surface area (Å²) in [6.45, 7) is 0.324. The van der Waals surface area contributed by atoms with Crippen molar-refractivity contribution in [2.75, 3.05) is 0 Å². The monoisotopic (exact) mass is 364 g/mol. The van der Waals surface area contributed by atoms with Crippen LogP contribution in [0.4, 0.5) is 0 Å². The Kier molecular flexibility index (Phi) is 3.80. The summed E-state index contributed by atoms with van der Waals surface area (Å²) in [5.74, 6) is 0.171. The molecule has 3 heteroatoms. The molecule has 28 heavy (non-hydrogen) atoms. The number of ketones is 2. The third-order valence-electron chi connectivity index (χ3n) is 5.12. The van der Waals surface area contributed by atoms with Gasteiger partial charge >= 0.3 is 0 Å². The molecule has 0 fully saturated rings. The quantitative estimate of drug-likeness (QED) is 0.442. The summed E-state index contributed by atoms with van der Waals surface area (Å²) in [4.78, 5) is 26.4. The molecule has 4 aromatic carbocycles. The summed E-state index contributed by atoms with van der Waals surface area (Å²) in [7, 11) is 0. The largest absolute Gasteiger partial charge is 0.487 e. The molecule has 4 aromatic rings. The van der Waals surface area contributed by atoms with Gasteiger partial charge in [0.15, 0.2) is 11.6 Å². The summed E-state index contributed by atoms with van der Waals surface area (Å²) >= 11 is 0. The molecule has 0 bridgehead atoms. The SMILES string of the molecule is O=C1c2ccccc2C(=O)c2c1cc1ccccc1c2OCc1ccccc1. The van der Waals surface area contributed by atoms with Crippen molar-refractivity contribution in [3.05, 3.63) is 113 Å². The second-order valence-corrected chi connectivity index (χ2v) is 6.83. The van der Waals surface area contributed by atoms with Crippen molar-refractivity contribution in [3.63, 3.8) is 0 Å². The lowest BCUT2D eigenvalue weighted by Crippen LogP contribution is -2.22. The van der Waals surface area contributed by atoms with E-state index in [9.17, 15) is 9.59 Å². The van der Waals surface area contributed by atoms with Crippen molar-refractivity contribution in [2.24, 2.45) is 0 Å². The Balaban J connectivity index is 1.72. The summed E-state index contributed by atoms with van der Waals surface area (Å²) in [6, 6.07) is 26.2. The number of rotatable bonds is 3. The summed E-state index contributed by atoms with van der Waals surface area (Å²) in [6.07, 6.45) is 0. The summed E-state index contributed by atoms with van der Waals surface area (Å²) < 4.78 is 6.16. The Bertz CT molecular complexity index is 1240. The van der Waals surface area contributed by atoms with Crippen molar-refractivity contribution < 1.29 is 14.3 Å². The second-order valence-electron chi connectivity index (χ2n) is 6.83. The predicted molar refractivity (Wildman–Crippen MR) is 108 cm³/mol. The van der Waals surface area contributed by atoms with E-state index in [2.05, 4.69) is 0 Å². The van der Waals surface area contributed by atoms with Gasteiger partial charge in [-0.1, -0.05) is 78.9 Å². The zero-order valence-electron chi connectivity index (χ0n) is 15.0. The first-order valence-corrected chi connectivity index (χ1v) is 9.15. The average Bonchev–Trinajstić information content (AvgIpc) is 2.76. The highest BCUT2D eigenvalue weighted by atomic mass is 16.5. The lowest BCUT2D eigenvalue weighted by atomic mass is 9.82. The molecule has 0 aromatic heterocycles. The molecular formula is C25H16O3. The molecule has 0 saturated heterocycles. The second kappa shape index (κ2) is 6.46. The summed E-state index contributed by atoms with van der Waals surface area (Å²) in [5, 5.41) is 1.71. The highest BCUT2D eigenvalue weighted by molar-refractivity contribution is 6.31. The average molecular weight is 364 g/mol. The third-order valence-corrected chi connectivity index (χ3v) is 5.12. The lowest BCUT2D eigenvalue weighted by molar-refractivity contribution is 0.0975. The van der Waals surface area contributed by atoms with E-state index in [1.807, 2.05) is 54.6 Å². The van der Waals surface area contributed by atoms with Gasteiger partial charge in [0.05, 0.1) is 5.56 Å². The van der Waals surface area contributed by atoms with Crippen molar-refractivity contribution in [1.29, 1.82) is 0 Å². The van der Waals surface area contributed by atoms with Crippen LogP contribution in [0.2, 0.25) is 0 Å². The standard InChI is InChI=1S/C25H16O3/c26-23-19-12-6-7-13-20(19)24(27)22-21(23)14-17-10-4-5-11-18(17)25(22)28-15-16-8-2-1-3-9-16/h1-14H,15H2. The van der Waals surface area contributed by atoms with Crippen LogP contribution < -0.4 is 4.74 Å². The molecule has 0 heterocycles. The fraction of sp³-hybridized carbons (Fsp3) is 0.0400. The third kappa shape index (κ3) is 2.52. The Morgan fingerprint density at radius 1 is 0.643 bits per heavy atom. The number of carbonyl (C=O) groups excluding carboxylic acids is 2.